The monoisotopic (exact) mass is 461 g/mol. The van der Waals surface area contributed by atoms with Crippen molar-refractivity contribution in [3.8, 4) is 5.75 Å². The van der Waals surface area contributed by atoms with E-state index in [0.717, 1.165) is 6.42 Å². The number of nitrogens with one attached hydrogen (secondary N) is 1. The first-order valence-corrected chi connectivity index (χ1v) is 9.90. The zero-order chi connectivity index (χ0) is 16.2. The molecule has 5 nitrogen and oxygen atoms in total. The van der Waals surface area contributed by atoms with Crippen molar-refractivity contribution in [1.82, 2.24) is 5.32 Å². The van der Waals surface area contributed by atoms with Gasteiger partial charge in [0.2, 0.25) is 0 Å². The minimum Gasteiger partial charge on any atom is -0.481 e. The van der Waals surface area contributed by atoms with Gasteiger partial charge in [-0.3, -0.25) is 4.79 Å². The fourth-order valence-electron chi connectivity index (χ4n) is 1.37. The third-order valence-corrected chi connectivity index (χ3v) is 5.13. The lowest BCUT2D eigenvalue weighted by atomic mass is 10.2. The van der Waals surface area contributed by atoms with Crippen molar-refractivity contribution in [1.29, 1.82) is 0 Å². The van der Waals surface area contributed by atoms with E-state index in [1.807, 2.05) is 13.8 Å². The molecule has 0 radical (unpaired) electrons. The molecule has 0 fully saturated rings. The van der Waals surface area contributed by atoms with Gasteiger partial charge in [0.15, 0.2) is 6.61 Å². The summed E-state index contributed by atoms with van der Waals surface area (Å²) in [6, 6.07) is 2.70. The predicted octanol–water partition coefficient (Wildman–Crippen LogP) is 3.43. The molecule has 0 spiro atoms. The van der Waals surface area contributed by atoms with E-state index in [-0.39, 0.29) is 23.5 Å². The number of carbonyl (C=O) groups is 1. The van der Waals surface area contributed by atoms with E-state index in [9.17, 15) is 13.2 Å². The van der Waals surface area contributed by atoms with Gasteiger partial charge in [0.25, 0.3) is 15.0 Å². The third kappa shape index (κ3) is 5.77. The molecule has 0 saturated carbocycles. The molecule has 1 N–H and O–H groups in total. The van der Waals surface area contributed by atoms with Crippen LogP contribution >= 0.6 is 42.5 Å². The second-order valence-electron chi connectivity index (χ2n) is 4.32. The minimum atomic E-state index is -3.84. The molecular formula is C12H14Br2ClNO4S. The molecule has 1 amide bonds. The lowest BCUT2D eigenvalue weighted by molar-refractivity contribution is -0.123. The Balaban J connectivity index is 2.84. The molecule has 0 aromatic heterocycles. The molecule has 0 aliphatic carbocycles. The number of benzene rings is 1. The summed E-state index contributed by atoms with van der Waals surface area (Å²) in [4.78, 5) is 11.6. The highest BCUT2D eigenvalue weighted by molar-refractivity contribution is 9.11. The first-order chi connectivity index (χ1) is 9.65. The molecule has 1 aromatic carbocycles. The first kappa shape index (κ1) is 18.7. The molecule has 118 valence electrons. The van der Waals surface area contributed by atoms with Crippen LogP contribution in [-0.4, -0.2) is 27.0 Å². The van der Waals surface area contributed by atoms with E-state index in [4.69, 9.17) is 15.4 Å². The zero-order valence-corrected chi connectivity index (χ0v) is 16.1. The van der Waals surface area contributed by atoms with Crippen LogP contribution < -0.4 is 10.1 Å². The summed E-state index contributed by atoms with van der Waals surface area (Å²) >= 11 is 6.39. The summed E-state index contributed by atoms with van der Waals surface area (Å²) in [5.41, 5.74) is 0. The predicted molar refractivity (Wildman–Crippen MR) is 88.3 cm³/mol. The fourth-order valence-corrected chi connectivity index (χ4v) is 3.87. The van der Waals surface area contributed by atoms with Crippen LogP contribution in [0.1, 0.15) is 20.3 Å². The molecule has 0 saturated heterocycles. The fraction of sp³-hybridized carbons (Fsp3) is 0.417. The van der Waals surface area contributed by atoms with Crippen molar-refractivity contribution < 1.29 is 17.9 Å². The van der Waals surface area contributed by atoms with Gasteiger partial charge in [0.1, 0.15) is 5.75 Å². The van der Waals surface area contributed by atoms with Gasteiger partial charge in [0.05, 0.1) is 13.8 Å². The maximum absolute atomic E-state index is 11.7. The van der Waals surface area contributed by atoms with Gasteiger partial charge in [-0.15, -0.1) is 0 Å². The van der Waals surface area contributed by atoms with Crippen molar-refractivity contribution in [2.75, 3.05) is 6.61 Å². The average molecular weight is 464 g/mol. The SMILES string of the molecule is CCC(C)NC(=O)COc1c(Br)cc(S(=O)(=O)Cl)cc1Br. The van der Waals surface area contributed by atoms with Crippen LogP contribution in [0.4, 0.5) is 0 Å². The summed E-state index contributed by atoms with van der Waals surface area (Å²) in [6.45, 7) is 3.68. The van der Waals surface area contributed by atoms with E-state index in [2.05, 4.69) is 37.2 Å². The molecule has 1 unspecified atom stereocenters. The Morgan fingerprint density at radius 1 is 1.38 bits per heavy atom. The van der Waals surface area contributed by atoms with Crippen LogP contribution in [-0.2, 0) is 13.8 Å². The number of amides is 1. The van der Waals surface area contributed by atoms with Gasteiger partial charge in [-0.1, -0.05) is 6.92 Å². The van der Waals surface area contributed by atoms with Crippen LogP contribution in [0.3, 0.4) is 0 Å². The van der Waals surface area contributed by atoms with E-state index in [1.54, 1.807) is 0 Å². The Hall–Kier alpha value is -0.310. The van der Waals surface area contributed by atoms with Crippen LogP contribution in [0, 0.1) is 0 Å². The van der Waals surface area contributed by atoms with Gasteiger partial charge < -0.3 is 10.1 Å². The highest BCUT2D eigenvalue weighted by Crippen LogP contribution is 2.36. The van der Waals surface area contributed by atoms with E-state index in [1.165, 1.54) is 12.1 Å². The lowest BCUT2D eigenvalue weighted by Gasteiger charge is -2.14. The first-order valence-electron chi connectivity index (χ1n) is 6.01. The highest BCUT2D eigenvalue weighted by Gasteiger charge is 2.17. The lowest BCUT2D eigenvalue weighted by Crippen LogP contribution is -2.35. The van der Waals surface area contributed by atoms with Gasteiger partial charge in [-0.2, -0.15) is 0 Å². The maximum atomic E-state index is 11.7. The Morgan fingerprint density at radius 3 is 2.33 bits per heavy atom. The summed E-state index contributed by atoms with van der Waals surface area (Å²) in [7, 11) is 1.44. The third-order valence-electron chi connectivity index (χ3n) is 2.62. The average Bonchev–Trinajstić information content (AvgIpc) is 2.36. The van der Waals surface area contributed by atoms with Crippen LogP contribution in [0.15, 0.2) is 26.0 Å². The molecule has 0 bridgehead atoms. The molecular weight excluding hydrogens is 449 g/mol. The van der Waals surface area contributed by atoms with Gasteiger partial charge in [-0.25, -0.2) is 8.42 Å². The van der Waals surface area contributed by atoms with Crippen molar-refractivity contribution >= 4 is 57.5 Å². The summed E-state index contributed by atoms with van der Waals surface area (Å²) in [6.07, 6.45) is 0.821. The number of carbonyl (C=O) groups excluding carboxylic acids is 1. The molecule has 0 aliphatic rings. The molecule has 1 aromatic rings. The number of ether oxygens (including phenoxy) is 1. The molecule has 9 heteroatoms. The van der Waals surface area contributed by atoms with Crippen molar-refractivity contribution in [3.05, 3.63) is 21.1 Å². The zero-order valence-electron chi connectivity index (χ0n) is 11.3. The number of hydrogen-bond donors (Lipinski definition) is 1. The smallest absolute Gasteiger partial charge is 0.261 e. The number of hydrogen-bond acceptors (Lipinski definition) is 4. The minimum absolute atomic E-state index is 0.0664. The van der Waals surface area contributed by atoms with Gasteiger partial charge in [0, 0.05) is 16.7 Å². The normalized spacial score (nSPS) is 12.8. The molecule has 21 heavy (non-hydrogen) atoms. The van der Waals surface area contributed by atoms with Crippen LogP contribution in [0.25, 0.3) is 0 Å². The number of halogens is 3. The second-order valence-corrected chi connectivity index (χ2v) is 8.59. The van der Waals surface area contributed by atoms with Gasteiger partial charge >= 0.3 is 0 Å². The standard InChI is InChI=1S/C12H14Br2ClNO4S/c1-3-7(2)16-11(17)6-20-12-9(13)4-8(5-10(12)14)21(15,18)19/h4-5,7H,3,6H2,1-2H3,(H,16,17). The van der Waals surface area contributed by atoms with E-state index in [0.29, 0.717) is 14.7 Å². The van der Waals surface area contributed by atoms with Crippen molar-refractivity contribution in [3.63, 3.8) is 0 Å². The summed E-state index contributed by atoms with van der Waals surface area (Å²) in [5.74, 6) is 0.0792. The quantitative estimate of drug-likeness (QED) is 0.656. The van der Waals surface area contributed by atoms with Crippen molar-refractivity contribution in [2.24, 2.45) is 0 Å². The summed E-state index contributed by atoms with van der Waals surface area (Å²) in [5, 5.41) is 2.76. The molecule has 1 atom stereocenters. The second kappa shape index (κ2) is 7.80. The van der Waals surface area contributed by atoms with E-state index < -0.39 is 9.05 Å². The summed E-state index contributed by atoms with van der Waals surface area (Å²) < 4.78 is 28.7. The van der Waals surface area contributed by atoms with Crippen molar-refractivity contribution in [2.45, 2.75) is 31.2 Å². The highest BCUT2D eigenvalue weighted by atomic mass is 79.9. The molecule has 0 heterocycles. The van der Waals surface area contributed by atoms with Gasteiger partial charge in [-0.05, 0) is 57.3 Å². The molecule has 1 rings (SSSR count). The Morgan fingerprint density at radius 2 is 1.90 bits per heavy atom. The van der Waals surface area contributed by atoms with Crippen LogP contribution in [0.5, 0.6) is 5.75 Å². The topological polar surface area (TPSA) is 72.5 Å². The van der Waals surface area contributed by atoms with Crippen LogP contribution in [0.2, 0.25) is 0 Å². The Bertz CT molecular complexity index is 613. The maximum Gasteiger partial charge on any atom is 0.261 e. The Kier molecular flexibility index (Phi) is 6.96. The van der Waals surface area contributed by atoms with E-state index >= 15 is 0 Å². The largest absolute Gasteiger partial charge is 0.481 e. The Labute approximate surface area is 145 Å². The molecule has 0 aliphatic heterocycles. The number of rotatable bonds is 6.